The Kier molecular flexibility index (Phi) is 3.76. The Hall–Kier alpha value is -1.69. The van der Waals surface area contributed by atoms with Crippen LogP contribution in [0.15, 0.2) is 36.4 Å². The smallest absolute Gasteiger partial charge is 0.130 e. The zero-order chi connectivity index (χ0) is 13.1. The van der Waals surface area contributed by atoms with Gasteiger partial charge in [0, 0.05) is 10.0 Å². The van der Waals surface area contributed by atoms with Crippen LogP contribution in [0.5, 0.6) is 11.5 Å². The van der Waals surface area contributed by atoms with Crippen LogP contribution in [0.25, 0.3) is 0 Å². The van der Waals surface area contributed by atoms with Crippen LogP contribution in [-0.2, 0) is 0 Å². The standard InChI is InChI=1S/C14H9Cl2NO/c1-9-4-10(8-17)2-3-14(9)18-13-6-11(15)5-12(16)7-13/h2-7H,1H3. The van der Waals surface area contributed by atoms with Crippen molar-refractivity contribution in [2.45, 2.75) is 6.92 Å². The Balaban J connectivity index is 2.31. The number of benzene rings is 2. The van der Waals surface area contributed by atoms with E-state index >= 15 is 0 Å². The SMILES string of the molecule is Cc1cc(C#N)ccc1Oc1cc(Cl)cc(Cl)c1. The molecule has 0 aliphatic rings. The summed E-state index contributed by atoms with van der Waals surface area (Å²) in [6.07, 6.45) is 0. The second kappa shape index (κ2) is 5.30. The molecule has 0 amide bonds. The molecule has 0 spiro atoms. The summed E-state index contributed by atoms with van der Waals surface area (Å²) >= 11 is 11.8. The van der Waals surface area contributed by atoms with Gasteiger partial charge in [0.15, 0.2) is 0 Å². The van der Waals surface area contributed by atoms with Crippen molar-refractivity contribution in [2.75, 3.05) is 0 Å². The molecule has 2 aromatic rings. The number of rotatable bonds is 2. The van der Waals surface area contributed by atoms with Gasteiger partial charge in [-0.3, -0.25) is 0 Å². The average molecular weight is 278 g/mol. The molecule has 90 valence electrons. The first-order chi connectivity index (χ1) is 8.58. The highest BCUT2D eigenvalue weighted by molar-refractivity contribution is 6.34. The van der Waals surface area contributed by atoms with E-state index in [1.807, 2.05) is 6.92 Å². The van der Waals surface area contributed by atoms with E-state index in [4.69, 9.17) is 33.2 Å². The molecule has 2 rings (SSSR count). The van der Waals surface area contributed by atoms with Crippen LogP contribution in [-0.4, -0.2) is 0 Å². The molecule has 2 aromatic carbocycles. The fourth-order valence-corrected chi connectivity index (χ4v) is 2.05. The van der Waals surface area contributed by atoms with E-state index in [1.165, 1.54) is 0 Å². The molecular weight excluding hydrogens is 269 g/mol. The molecule has 0 heterocycles. The molecule has 0 unspecified atom stereocenters. The first-order valence-corrected chi connectivity index (χ1v) is 5.99. The number of hydrogen-bond donors (Lipinski definition) is 0. The largest absolute Gasteiger partial charge is 0.457 e. The monoisotopic (exact) mass is 277 g/mol. The lowest BCUT2D eigenvalue weighted by Gasteiger charge is -2.09. The molecule has 18 heavy (non-hydrogen) atoms. The Bertz CT molecular complexity index is 612. The van der Waals surface area contributed by atoms with E-state index in [-0.39, 0.29) is 0 Å². The van der Waals surface area contributed by atoms with Crippen LogP contribution < -0.4 is 4.74 Å². The molecule has 0 atom stereocenters. The molecule has 0 saturated heterocycles. The number of nitriles is 1. The molecule has 0 radical (unpaired) electrons. The van der Waals surface area contributed by atoms with Crippen molar-refractivity contribution in [1.82, 2.24) is 0 Å². The Morgan fingerprint density at radius 1 is 1.06 bits per heavy atom. The summed E-state index contributed by atoms with van der Waals surface area (Å²) in [5, 5.41) is 9.82. The van der Waals surface area contributed by atoms with Crippen LogP contribution in [0.4, 0.5) is 0 Å². The van der Waals surface area contributed by atoms with Crippen LogP contribution in [0.1, 0.15) is 11.1 Å². The lowest BCUT2D eigenvalue weighted by molar-refractivity contribution is 0.479. The molecular formula is C14H9Cl2NO. The van der Waals surface area contributed by atoms with Crippen molar-refractivity contribution in [3.05, 3.63) is 57.6 Å². The van der Waals surface area contributed by atoms with E-state index in [9.17, 15) is 0 Å². The third kappa shape index (κ3) is 2.95. The van der Waals surface area contributed by atoms with E-state index in [2.05, 4.69) is 6.07 Å². The molecule has 4 heteroatoms. The number of ether oxygens (including phenoxy) is 1. The minimum absolute atomic E-state index is 0.517. The van der Waals surface area contributed by atoms with Gasteiger partial charge in [-0.15, -0.1) is 0 Å². The zero-order valence-corrected chi connectivity index (χ0v) is 11.1. The Labute approximate surface area is 115 Å². The number of hydrogen-bond acceptors (Lipinski definition) is 2. The number of halogens is 2. The summed E-state index contributed by atoms with van der Waals surface area (Å²) in [6, 6.07) is 12.3. The maximum atomic E-state index is 8.79. The van der Waals surface area contributed by atoms with Crippen molar-refractivity contribution in [3.63, 3.8) is 0 Å². The summed E-state index contributed by atoms with van der Waals surface area (Å²) in [4.78, 5) is 0. The van der Waals surface area contributed by atoms with Gasteiger partial charge in [-0.2, -0.15) is 5.26 Å². The maximum Gasteiger partial charge on any atom is 0.130 e. The molecule has 0 saturated carbocycles. The number of aryl methyl sites for hydroxylation is 1. The second-order valence-electron chi connectivity index (χ2n) is 3.80. The normalized spacial score (nSPS) is 9.89. The van der Waals surface area contributed by atoms with Gasteiger partial charge in [0.1, 0.15) is 11.5 Å². The number of nitrogens with zero attached hydrogens (tertiary/aromatic N) is 1. The van der Waals surface area contributed by atoms with E-state index in [0.29, 0.717) is 27.1 Å². The zero-order valence-electron chi connectivity index (χ0n) is 9.58. The summed E-state index contributed by atoms with van der Waals surface area (Å²) in [7, 11) is 0. The predicted molar refractivity (Wildman–Crippen MR) is 72.4 cm³/mol. The van der Waals surface area contributed by atoms with Crippen molar-refractivity contribution >= 4 is 23.2 Å². The molecule has 0 fully saturated rings. The molecule has 2 nitrogen and oxygen atoms in total. The van der Waals surface area contributed by atoms with E-state index < -0.39 is 0 Å². The van der Waals surface area contributed by atoms with Gasteiger partial charge in [-0.05, 0) is 48.9 Å². The molecule has 0 bridgehead atoms. The lowest BCUT2D eigenvalue weighted by Crippen LogP contribution is -1.88. The molecule has 0 aliphatic carbocycles. The third-order valence-corrected chi connectivity index (χ3v) is 2.80. The van der Waals surface area contributed by atoms with Crippen LogP contribution in [0, 0.1) is 18.3 Å². The van der Waals surface area contributed by atoms with Gasteiger partial charge in [0.25, 0.3) is 0 Å². The summed E-state index contributed by atoms with van der Waals surface area (Å²) in [5.74, 6) is 1.24. The minimum atomic E-state index is 0.517. The van der Waals surface area contributed by atoms with Gasteiger partial charge >= 0.3 is 0 Å². The summed E-state index contributed by atoms with van der Waals surface area (Å²) in [5.41, 5.74) is 1.48. The summed E-state index contributed by atoms with van der Waals surface area (Å²) < 4.78 is 5.69. The highest BCUT2D eigenvalue weighted by Gasteiger charge is 2.04. The Morgan fingerprint density at radius 2 is 1.72 bits per heavy atom. The molecule has 0 aromatic heterocycles. The van der Waals surface area contributed by atoms with Crippen LogP contribution in [0.3, 0.4) is 0 Å². The predicted octanol–water partition coefficient (Wildman–Crippen LogP) is 4.97. The first kappa shape index (κ1) is 12.8. The van der Waals surface area contributed by atoms with E-state index in [1.54, 1.807) is 36.4 Å². The quantitative estimate of drug-likeness (QED) is 0.777. The van der Waals surface area contributed by atoms with Gasteiger partial charge in [-0.1, -0.05) is 23.2 Å². The first-order valence-electron chi connectivity index (χ1n) is 5.23. The fraction of sp³-hybridized carbons (Fsp3) is 0.0714. The molecule has 0 aliphatic heterocycles. The van der Waals surface area contributed by atoms with Crippen LogP contribution >= 0.6 is 23.2 Å². The van der Waals surface area contributed by atoms with Gasteiger partial charge < -0.3 is 4.74 Å². The van der Waals surface area contributed by atoms with Crippen LogP contribution in [0.2, 0.25) is 10.0 Å². The Morgan fingerprint density at radius 3 is 2.28 bits per heavy atom. The third-order valence-electron chi connectivity index (χ3n) is 2.37. The maximum absolute atomic E-state index is 8.79. The molecule has 0 N–H and O–H groups in total. The fourth-order valence-electron chi connectivity index (χ4n) is 1.55. The van der Waals surface area contributed by atoms with Gasteiger partial charge in [-0.25, -0.2) is 0 Å². The van der Waals surface area contributed by atoms with Crippen molar-refractivity contribution in [3.8, 4) is 17.6 Å². The average Bonchev–Trinajstić information content (AvgIpc) is 2.30. The van der Waals surface area contributed by atoms with Gasteiger partial charge in [0.2, 0.25) is 0 Å². The topological polar surface area (TPSA) is 33.0 Å². The minimum Gasteiger partial charge on any atom is -0.457 e. The van der Waals surface area contributed by atoms with Gasteiger partial charge in [0.05, 0.1) is 11.6 Å². The van der Waals surface area contributed by atoms with Crippen molar-refractivity contribution < 1.29 is 4.74 Å². The highest BCUT2D eigenvalue weighted by atomic mass is 35.5. The second-order valence-corrected chi connectivity index (χ2v) is 4.67. The summed E-state index contributed by atoms with van der Waals surface area (Å²) in [6.45, 7) is 1.88. The van der Waals surface area contributed by atoms with Crippen molar-refractivity contribution in [2.24, 2.45) is 0 Å². The van der Waals surface area contributed by atoms with Crippen molar-refractivity contribution in [1.29, 1.82) is 5.26 Å². The lowest BCUT2D eigenvalue weighted by atomic mass is 10.1. The van der Waals surface area contributed by atoms with E-state index in [0.717, 1.165) is 5.56 Å². The highest BCUT2D eigenvalue weighted by Crippen LogP contribution is 2.30.